The molecule has 3 atom stereocenters. The first kappa shape index (κ1) is 13.9. The van der Waals surface area contributed by atoms with Gasteiger partial charge in [-0.15, -0.1) is 0 Å². The SMILES string of the molecule is C(CCCC1CCC2OC2C1)CCC1CCCCC1. The second-order valence-corrected chi connectivity index (χ2v) is 7.39. The Labute approximate surface area is 119 Å². The van der Waals surface area contributed by atoms with Crippen LogP contribution >= 0.6 is 0 Å². The van der Waals surface area contributed by atoms with Gasteiger partial charge in [-0.05, 0) is 31.1 Å². The Hall–Kier alpha value is -0.0400. The maximum atomic E-state index is 5.62. The molecule has 1 nitrogen and oxygen atoms in total. The monoisotopic (exact) mass is 264 g/mol. The van der Waals surface area contributed by atoms with E-state index in [1.807, 2.05) is 0 Å². The Morgan fingerprint density at radius 3 is 2.11 bits per heavy atom. The molecule has 1 heteroatoms. The molecule has 0 amide bonds. The number of hydrogen-bond donors (Lipinski definition) is 0. The number of hydrogen-bond acceptors (Lipinski definition) is 1. The van der Waals surface area contributed by atoms with Crippen molar-refractivity contribution >= 4 is 0 Å². The van der Waals surface area contributed by atoms with Crippen LogP contribution in [0.25, 0.3) is 0 Å². The van der Waals surface area contributed by atoms with E-state index < -0.39 is 0 Å². The summed E-state index contributed by atoms with van der Waals surface area (Å²) in [4.78, 5) is 0. The van der Waals surface area contributed by atoms with E-state index in [-0.39, 0.29) is 0 Å². The van der Waals surface area contributed by atoms with Gasteiger partial charge in [-0.25, -0.2) is 0 Å². The summed E-state index contributed by atoms with van der Waals surface area (Å²) in [6, 6.07) is 0. The van der Waals surface area contributed by atoms with Gasteiger partial charge in [0.2, 0.25) is 0 Å². The van der Waals surface area contributed by atoms with Gasteiger partial charge < -0.3 is 4.74 Å². The van der Waals surface area contributed by atoms with Gasteiger partial charge in [0.15, 0.2) is 0 Å². The predicted molar refractivity (Wildman–Crippen MR) is 80.3 cm³/mol. The Kier molecular flexibility index (Phi) is 5.21. The molecular weight excluding hydrogens is 232 g/mol. The first-order valence-electron chi connectivity index (χ1n) is 9.07. The van der Waals surface area contributed by atoms with Crippen LogP contribution in [-0.2, 0) is 4.74 Å². The van der Waals surface area contributed by atoms with E-state index in [2.05, 4.69) is 0 Å². The van der Waals surface area contributed by atoms with Crippen molar-refractivity contribution in [3.05, 3.63) is 0 Å². The fraction of sp³-hybridized carbons (Fsp3) is 1.00. The highest BCUT2D eigenvalue weighted by Crippen LogP contribution is 2.41. The van der Waals surface area contributed by atoms with Gasteiger partial charge in [0, 0.05) is 0 Å². The summed E-state index contributed by atoms with van der Waals surface area (Å²) < 4.78 is 5.62. The van der Waals surface area contributed by atoms with Gasteiger partial charge in [-0.1, -0.05) is 70.6 Å². The highest BCUT2D eigenvalue weighted by atomic mass is 16.6. The Morgan fingerprint density at radius 2 is 1.37 bits per heavy atom. The van der Waals surface area contributed by atoms with Crippen LogP contribution in [0.15, 0.2) is 0 Å². The molecule has 1 heterocycles. The molecule has 3 fully saturated rings. The molecule has 110 valence electrons. The van der Waals surface area contributed by atoms with Crippen molar-refractivity contribution in [2.24, 2.45) is 11.8 Å². The molecule has 2 aliphatic carbocycles. The molecule has 3 rings (SSSR count). The summed E-state index contributed by atoms with van der Waals surface area (Å²) in [6.07, 6.45) is 22.1. The average Bonchev–Trinajstić information content (AvgIpc) is 3.22. The number of unbranched alkanes of at least 4 members (excludes halogenated alkanes) is 3. The molecule has 3 aliphatic rings. The third kappa shape index (κ3) is 4.48. The van der Waals surface area contributed by atoms with Crippen molar-refractivity contribution in [1.29, 1.82) is 0 Å². The zero-order chi connectivity index (χ0) is 12.9. The van der Waals surface area contributed by atoms with Crippen LogP contribution in [0.2, 0.25) is 0 Å². The van der Waals surface area contributed by atoms with Crippen molar-refractivity contribution in [2.75, 3.05) is 0 Å². The second-order valence-electron chi connectivity index (χ2n) is 7.39. The number of rotatable bonds is 7. The lowest BCUT2D eigenvalue weighted by atomic mass is 9.84. The largest absolute Gasteiger partial charge is 0.370 e. The van der Waals surface area contributed by atoms with Crippen molar-refractivity contribution < 1.29 is 4.74 Å². The zero-order valence-corrected chi connectivity index (χ0v) is 12.6. The third-order valence-electron chi connectivity index (χ3n) is 5.81. The maximum Gasteiger partial charge on any atom is 0.0844 e. The lowest BCUT2D eigenvalue weighted by molar-refractivity contribution is 0.322. The average molecular weight is 264 g/mol. The molecule has 0 radical (unpaired) electrons. The highest BCUT2D eigenvalue weighted by Gasteiger charge is 2.43. The maximum absolute atomic E-state index is 5.62. The molecule has 2 saturated carbocycles. The Morgan fingerprint density at radius 1 is 0.632 bits per heavy atom. The van der Waals surface area contributed by atoms with Crippen LogP contribution in [-0.4, -0.2) is 12.2 Å². The van der Waals surface area contributed by atoms with Gasteiger partial charge in [0.25, 0.3) is 0 Å². The van der Waals surface area contributed by atoms with Crippen molar-refractivity contribution in [3.8, 4) is 0 Å². The smallest absolute Gasteiger partial charge is 0.0844 e. The van der Waals surface area contributed by atoms with E-state index in [1.165, 1.54) is 89.9 Å². The summed E-state index contributed by atoms with van der Waals surface area (Å²) in [6.45, 7) is 0. The molecule has 0 aromatic carbocycles. The predicted octanol–water partition coefficient (Wildman–Crippen LogP) is 5.47. The first-order valence-corrected chi connectivity index (χ1v) is 9.07. The van der Waals surface area contributed by atoms with Crippen LogP contribution in [0.1, 0.15) is 89.9 Å². The number of fused-ring (bicyclic) bond motifs is 1. The summed E-state index contributed by atoms with van der Waals surface area (Å²) >= 11 is 0. The molecular formula is C18H32O. The van der Waals surface area contributed by atoms with E-state index in [0.717, 1.165) is 11.8 Å². The fourth-order valence-corrected chi connectivity index (χ4v) is 4.44. The van der Waals surface area contributed by atoms with E-state index in [9.17, 15) is 0 Å². The second kappa shape index (κ2) is 7.11. The van der Waals surface area contributed by atoms with E-state index in [4.69, 9.17) is 4.74 Å². The van der Waals surface area contributed by atoms with Crippen LogP contribution in [0.3, 0.4) is 0 Å². The normalized spacial score (nSPS) is 35.1. The minimum Gasteiger partial charge on any atom is -0.370 e. The van der Waals surface area contributed by atoms with E-state index in [0.29, 0.717) is 12.2 Å². The zero-order valence-electron chi connectivity index (χ0n) is 12.6. The minimum atomic E-state index is 0.685. The van der Waals surface area contributed by atoms with Gasteiger partial charge in [0.05, 0.1) is 12.2 Å². The molecule has 1 aliphatic heterocycles. The molecule has 19 heavy (non-hydrogen) atoms. The quantitative estimate of drug-likeness (QED) is 0.438. The summed E-state index contributed by atoms with van der Waals surface area (Å²) in [5, 5.41) is 0. The van der Waals surface area contributed by atoms with Gasteiger partial charge >= 0.3 is 0 Å². The minimum absolute atomic E-state index is 0.685. The number of epoxide rings is 1. The highest BCUT2D eigenvalue weighted by molar-refractivity contribution is 4.91. The van der Waals surface area contributed by atoms with E-state index >= 15 is 0 Å². The van der Waals surface area contributed by atoms with Crippen LogP contribution < -0.4 is 0 Å². The van der Waals surface area contributed by atoms with Crippen molar-refractivity contribution in [2.45, 2.75) is 102 Å². The molecule has 0 N–H and O–H groups in total. The van der Waals surface area contributed by atoms with Crippen LogP contribution in [0.5, 0.6) is 0 Å². The standard InChI is InChI=1S/C18H32O/c1(4-8-15-9-6-3-7-10-15)2-5-11-16-12-13-17-18(14-16)19-17/h15-18H,1-14H2. The van der Waals surface area contributed by atoms with Gasteiger partial charge in [-0.3, -0.25) is 0 Å². The third-order valence-corrected chi connectivity index (χ3v) is 5.81. The van der Waals surface area contributed by atoms with Crippen molar-refractivity contribution in [1.82, 2.24) is 0 Å². The topological polar surface area (TPSA) is 12.5 Å². The molecule has 3 unspecified atom stereocenters. The van der Waals surface area contributed by atoms with Crippen LogP contribution in [0, 0.1) is 11.8 Å². The summed E-state index contributed by atoms with van der Waals surface area (Å²) in [5.74, 6) is 2.10. The Balaban J connectivity index is 1.16. The first-order chi connectivity index (χ1) is 9.42. The van der Waals surface area contributed by atoms with E-state index in [1.54, 1.807) is 0 Å². The summed E-state index contributed by atoms with van der Waals surface area (Å²) in [7, 11) is 0. The molecule has 0 spiro atoms. The number of ether oxygens (including phenoxy) is 1. The fourth-order valence-electron chi connectivity index (χ4n) is 4.44. The van der Waals surface area contributed by atoms with Gasteiger partial charge in [-0.2, -0.15) is 0 Å². The molecule has 0 aromatic rings. The van der Waals surface area contributed by atoms with Gasteiger partial charge in [0.1, 0.15) is 0 Å². The molecule has 1 saturated heterocycles. The Bertz CT molecular complexity index is 256. The summed E-state index contributed by atoms with van der Waals surface area (Å²) in [5.41, 5.74) is 0. The lowest BCUT2D eigenvalue weighted by Crippen LogP contribution is -2.13. The molecule has 0 bridgehead atoms. The van der Waals surface area contributed by atoms with Crippen molar-refractivity contribution in [3.63, 3.8) is 0 Å². The lowest BCUT2D eigenvalue weighted by Gasteiger charge is -2.21. The van der Waals surface area contributed by atoms with Crippen LogP contribution in [0.4, 0.5) is 0 Å². The molecule has 0 aromatic heterocycles.